The fourth-order valence-corrected chi connectivity index (χ4v) is 3.74. The summed E-state index contributed by atoms with van der Waals surface area (Å²) < 4.78 is 0. The van der Waals surface area contributed by atoms with Crippen molar-refractivity contribution < 1.29 is 15.0 Å². The number of phenolic OH excluding ortho intramolecular Hbond substituents is 1. The predicted molar refractivity (Wildman–Crippen MR) is 77.0 cm³/mol. The van der Waals surface area contributed by atoms with E-state index in [1.165, 1.54) is 11.8 Å². The fraction of sp³-hybridized carbons (Fsp3) is 0.533. The van der Waals surface area contributed by atoms with Gasteiger partial charge in [-0.25, -0.2) is 0 Å². The Kier molecular flexibility index (Phi) is 4.09. The number of aryl methyl sites for hydroxylation is 1. The van der Waals surface area contributed by atoms with Gasteiger partial charge >= 0.3 is 5.97 Å². The average molecular weight is 280 g/mol. The van der Waals surface area contributed by atoms with Gasteiger partial charge in [0.2, 0.25) is 0 Å². The zero-order valence-corrected chi connectivity index (χ0v) is 12.2. The van der Waals surface area contributed by atoms with Crippen molar-refractivity contribution >= 4 is 17.7 Å². The minimum Gasteiger partial charge on any atom is -0.507 e. The van der Waals surface area contributed by atoms with Crippen molar-refractivity contribution in [2.24, 2.45) is 0 Å². The van der Waals surface area contributed by atoms with Gasteiger partial charge in [0.25, 0.3) is 0 Å². The van der Waals surface area contributed by atoms with Gasteiger partial charge in [0.05, 0.1) is 5.41 Å². The summed E-state index contributed by atoms with van der Waals surface area (Å²) in [5.41, 5.74) is 0.471. The molecule has 0 spiro atoms. The Bertz CT molecular complexity index is 490. The molecule has 2 rings (SSSR count). The highest BCUT2D eigenvalue weighted by Gasteiger charge is 2.44. The van der Waals surface area contributed by atoms with E-state index in [-0.39, 0.29) is 5.75 Å². The van der Waals surface area contributed by atoms with Crippen molar-refractivity contribution in [3.05, 3.63) is 23.3 Å². The van der Waals surface area contributed by atoms with Gasteiger partial charge < -0.3 is 10.2 Å². The van der Waals surface area contributed by atoms with E-state index in [0.717, 1.165) is 29.7 Å². The van der Waals surface area contributed by atoms with Crippen LogP contribution in [0.1, 0.15) is 43.2 Å². The molecule has 0 aromatic heterocycles. The summed E-state index contributed by atoms with van der Waals surface area (Å²) in [5.74, 6) is -0.639. The van der Waals surface area contributed by atoms with Crippen molar-refractivity contribution in [1.29, 1.82) is 0 Å². The Balaban J connectivity index is 2.65. The summed E-state index contributed by atoms with van der Waals surface area (Å²) in [7, 11) is 0. The van der Waals surface area contributed by atoms with Gasteiger partial charge in [-0.05, 0) is 37.7 Å². The smallest absolute Gasteiger partial charge is 0.314 e. The van der Waals surface area contributed by atoms with E-state index in [4.69, 9.17) is 0 Å². The van der Waals surface area contributed by atoms with Gasteiger partial charge in [-0.3, -0.25) is 4.79 Å². The second kappa shape index (κ2) is 5.45. The van der Waals surface area contributed by atoms with E-state index in [1.54, 1.807) is 0 Å². The molecule has 0 radical (unpaired) electrons. The molecule has 0 bridgehead atoms. The summed E-state index contributed by atoms with van der Waals surface area (Å²) >= 11 is 1.50. The largest absolute Gasteiger partial charge is 0.507 e. The lowest BCUT2D eigenvalue weighted by Gasteiger charge is -2.35. The molecule has 104 valence electrons. The molecular formula is C15H20O3S. The van der Waals surface area contributed by atoms with E-state index >= 15 is 0 Å². The fourth-order valence-electron chi connectivity index (χ4n) is 3.04. The van der Waals surface area contributed by atoms with Crippen LogP contribution in [0.4, 0.5) is 0 Å². The van der Waals surface area contributed by atoms with Gasteiger partial charge in [-0.2, -0.15) is 0 Å². The number of aliphatic carboxylic acids is 1. The SMILES string of the molecule is CSc1ccc(C)c(O)c1C1(C(=O)O)CCCCC1. The third-order valence-corrected chi connectivity index (χ3v) is 4.94. The van der Waals surface area contributed by atoms with Crippen LogP contribution in [0.2, 0.25) is 0 Å². The molecule has 0 unspecified atom stereocenters. The minimum absolute atomic E-state index is 0.163. The van der Waals surface area contributed by atoms with Crippen LogP contribution in [0.5, 0.6) is 5.75 Å². The van der Waals surface area contributed by atoms with E-state index in [0.29, 0.717) is 18.4 Å². The van der Waals surface area contributed by atoms with Crippen LogP contribution < -0.4 is 0 Å². The monoisotopic (exact) mass is 280 g/mol. The van der Waals surface area contributed by atoms with Gasteiger partial charge in [-0.15, -0.1) is 11.8 Å². The number of aromatic hydroxyl groups is 1. The number of carboxylic acid groups (broad SMARTS) is 1. The maximum Gasteiger partial charge on any atom is 0.314 e. The van der Waals surface area contributed by atoms with Crippen LogP contribution in [0.15, 0.2) is 17.0 Å². The minimum atomic E-state index is -0.910. The van der Waals surface area contributed by atoms with Crippen molar-refractivity contribution in [2.45, 2.75) is 49.3 Å². The van der Waals surface area contributed by atoms with Gasteiger partial charge in [0, 0.05) is 10.5 Å². The number of phenols is 1. The Morgan fingerprint density at radius 1 is 1.26 bits per heavy atom. The van der Waals surface area contributed by atoms with E-state index in [1.807, 2.05) is 25.3 Å². The zero-order chi connectivity index (χ0) is 14.0. The Morgan fingerprint density at radius 3 is 2.42 bits per heavy atom. The maximum atomic E-state index is 11.9. The highest BCUT2D eigenvalue weighted by atomic mass is 32.2. The molecular weight excluding hydrogens is 260 g/mol. The highest BCUT2D eigenvalue weighted by Crippen LogP contribution is 2.47. The Hall–Kier alpha value is -1.16. The number of hydrogen-bond donors (Lipinski definition) is 2. The number of hydrogen-bond acceptors (Lipinski definition) is 3. The number of carboxylic acids is 1. The zero-order valence-electron chi connectivity index (χ0n) is 11.4. The lowest BCUT2D eigenvalue weighted by Crippen LogP contribution is -2.38. The van der Waals surface area contributed by atoms with E-state index < -0.39 is 11.4 Å². The molecule has 1 saturated carbocycles. The normalized spacial score (nSPS) is 18.2. The third kappa shape index (κ3) is 2.34. The molecule has 0 heterocycles. The third-order valence-electron chi connectivity index (χ3n) is 4.16. The molecule has 1 aliphatic carbocycles. The first-order chi connectivity index (χ1) is 9.03. The van der Waals surface area contributed by atoms with Crippen LogP contribution >= 0.6 is 11.8 Å². The van der Waals surface area contributed by atoms with Crippen molar-refractivity contribution in [2.75, 3.05) is 6.26 Å². The Labute approximate surface area is 118 Å². The molecule has 0 saturated heterocycles. The van der Waals surface area contributed by atoms with Gasteiger partial charge in [0.1, 0.15) is 5.75 Å². The quantitative estimate of drug-likeness (QED) is 0.829. The van der Waals surface area contributed by atoms with Crippen LogP contribution in [0, 0.1) is 6.92 Å². The lowest BCUT2D eigenvalue weighted by atomic mass is 9.69. The summed E-state index contributed by atoms with van der Waals surface area (Å²) in [6.07, 6.45) is 6.06. The van der Waals surface area contributed by atoms with Gasteiger partial charge in [-0.1, -0.05) is 25.3 Å². The van der Waals surface area contributed by atoms with Gasteiger partial charge in [0.15, 0.2) is 0 Å². The molecule has 3 nitrogen and oxygen atoms in total. The summed E-state index contributed by atoms with van der Waals surface area (Å²) in [6.45, 7) is 1.82. The van der Waals surface area contributed by atoms with Crippen molar-refractivity contribution in [1.82, 2.24) is 0 Å². The molecule has 1 aliphatic rings. The van der Waals surface area contributed by atoms with E-state index in [9.17, 15) is 15.0 Å². The average Bonchev–Trinajstić information content (AvgIpc) is 2.42. The second-order valence-electron chi connectivity index (χ2n) is 5.26. The molecule has 2 N–H and O–H groups in total. The molecule has 1 aromatic rings. The summed E-state index contributed by atoms with van der Waals surface area (Å²) in [4.78, 5) is 12.8. The van der Waals surface area contributed by atoms with Crippen LogP contribution in [-0.2, 0) is 10.2 Å². The standard InChI is InChI=1S/C15H20O3S/c1-10-6-7-11(19-2)12(13(10)16)15(14(17)18)8-4-3-5-9-15/h6-7,16H,3-5,8-9H2,1-2H3,(H,17,18). The molecule has 1 aromatic carbocycles. The van der Waals surface area contributed by atoms with E-state index in [2.05, 4.69) is 0 Å². The second-order valence-corrected chi connectivity index (χ2v) is 6.10. The van der Waals surface area contributed by atoms with Crippen LogP contribution in [-0.4, -0.2) is 22.4 Å². The van der Waals surface area contributed by atoms with Crippen LogP contribution in [0.3, 0.4) is 0 Å². The highest BCUT2D eigenvalue weighted by molar-refractivity contribution is 7.98. The summed E-state index contributed by atoms with van der Waals surface area (Å²) in [5, 5.41) is 20.2. The summed E-state index contributed by atoms with van der Waals surface area (Å²) in [6, 6.07) is 3.78. The van der Waals surface area contributed by atoms with Crippen LogP contribution in [0.25, 0.3) is 0 Å². The maximum absolute atomic E-state index is 11.9. The first kappa shape index (κ1) is 14.3. The molecule has 4 heteroatoms. The van der Waals surface area contributed by atoms with Crippen molar-refractivity contribution in [3.8, 4) is 5.75 Å². The lowest BCUT2D eigenvalue weighted by molar-refractivity contribution is -0.145. The first-order valence-corrected chi connectivity index (χ1v) is 7.86. The topological polar surface area (TPSA) is 57.5 Å². The molecule has 0 atom stereocenters. The first-order valence-electron chi connectivity index (χ1n) is 6.63. The Morgan fingerprint density at radius 2 is 1.89 bits per heavy atom. The number of thioether (sulfide) groups is 1. The molecule has 0 amide bonds. The number of rotatable bonds is 3. The predicted octanol–water partition coefficient (Wildman–Crippen LogP) is 3.71. The number of benzene rings is 1. The van der Waals surface area contributed by atoms with Crippen molar-refractivity contribution in [3.63, 3.8) is 0 Å². The number of carbonyl (C=O) groups is 1. The molecule has 0 aliphatic heterocycles. The molecule has 19 heavy (non-hydrogen) atoms. The molecule has 1 fully saturated rings.